The third-order valence-electron chi connectivity index (χ3n) is 1.56. The van der Waals surface area contributed by atoms with E-state index in [-0.39, 0.29) is 11.9 Å². The zero-order valence-electron chi connectivity index (χ0n) is 7.78. The molecule has 14 heavy (non-hydrogen) atoms. The topological polar surface area (TPSA) is 68.0 Å². The molecule has 0 aliphatic carbocycles. The second-order valence-electron chi connectivity index (χ2n) is 2.69. The molecule has 0 radical (unpaired) electrons. The van der Waals surface area contributed by atoms with Gasteiger partial charge < -0.3 is 11.1 Å². The van der Waals surface area contributed by atoms with E-state index in [4.69, 9.17) is 12.2 Å². The molecular formula is C9H11N3OS. The summed E-state index contributed by atoms with van der Waals surface area (Å²) in [6.45, 7) is 2.08. The zero-order chi connectivity index (χ0) is 10.6. The summed E-state index contributed by atoms with van der Waals surface area (Å²) in [6, 6.07) is -0.287. The lowest BCUT2D eigenvalue weighted by Gasteiger charge is -2.04. The number of hydrogen-bond acceptors (Lipinski definition) is 4. The van der Waals surface area contributed by atoms with Crippen LogP contribution in [0.25, 0.3) is 0 Å². The van der Waals surface area contributed by atoms with Crippen molar-refractivity contribution < 1.29 is 4.79 Å². The van der Waals surface area contributed by atoms with E-state index in [2.05, 4.69) is 16.2 Å². The standard InChI is InChI=1S/C9H11N3OS/c1-3-6(2)11-9(13)7-5-14-8(4-10)12-7/h1,5-6H,4,10H2,2H3,(H,11,13). The van der Waals surface area contributed by atoms with Crippen LogP contribution in [-0.2, 0) is 6.54 Å². The van der Waals surface area contributed by atoms with Gasteiger partial charge in [-0.2, -0.15) is 0 Å². The zero-order valence-corrected chi connectivity index (χ0v) is 8.60. The molecule has 5 heteroatoms. The Morgan fingerprint density at radius 1 is 1.93 bits per heavy atom. The molecule has 0 bridgehead atoms. The molecule has 1 amide bonds. The van der Waals surface area contributed by atoms with Crippen molar-refractivity contribution in [2.45, 2.75) is 19.5 Å². The van der Waals surface area contributed by atoms with E-state index >= 15 is 0 Å². The molecule has 1 aromatic heterocycles. The van der Waals surface area contributed by atoms with Gasteiger partial charge in [0.05, 0.1) is 6.04 Å². The Hall–Kier alpha value is -1.38. The maximum Gasteiger partial charge on any atom is 0.271 e. The number of nitrogens with zero attached hydrogens (tertiary/aromatic N) is 1. The first-order valence-electron chi connectivity index (χ1n) is 4.09. The highest BCUT2D eigenvalue weighted by Crippen LogP contribution is 2.08. The maximum absolute atomic E-state index is 11.4. The minimum absolute atomic E-state index is 0.258. The van der Waals surface area contributed by atoms with Crippen LogP contribution in [0.3, 0.4) is 0 Å². The quantitative estimate of drug-likeness (QED) is 0.706. The van der Waals surface area contributed by atoms with E-state index < -0.39 is 0 Å². The predicted molar refractivity (Wildman–Crippen MR) is 55.8 cm³/mol. The molecule has 0 aliphatic heterocycles. The second kappa shape index (κ2) is 4.74. The Labute approximate surface area is 86.5 Å². The third kappa shape index (κ3) is 2.55. The number of hydrogen-bond donors (Lipinski definition) is 2. The first kappa shape index (κ1) is 10.7. The Bertz CT molecular complexity index is 366. The van der Waals surface area contributed by atoms with Crippen LogP contribution in [-0.4, -0.2) is 16.9 Å². The van der Waals surface area contributed by atoms with E-state index in [0.717, 1.165) is 5.01 Å². The number of nitrogens with two attached hydrogens (primary N) is 1. The fraction of sp³-hybridized carbons (Fsp3) is 0.333. The van der Waals surface area contributed by atoms with Crippen LogP contribution in [0.4, 0.5) is 0 Å². The summed E-state index contributed by atoms with van der Waals surface area (Å²) in [7, 11) is 0. The minimum Gasteiger partial charge on any atom is -0.337 e. The highest BCUT2D eigenvalue weighted by molar-refractivity contribution is 7.09. The lowest BCUT2D eigenvalue weighted by Crippen LogP contribution is -2.31. The van der Waals surface area contributed by atoms with Crippen molar-refractivity contribution in [3.05, 3.63) is 16.1 Å². The van der Waals surface area contributed by atoms with Gasteiger partial charge in [-0.15, -0.1) is 17.8 Å². The minimum atomic E-state index is -0.287. The van der Waals surface area contributed by atoms with Crippen molar-refractivity contribution in [1.29, 1.82) is 0 Å². The SMILES string of the molecule is C#CC(C)NC(=O)c1csc(CN)n1. The lowest BCUT2D eigenvalue weighted by atomic mass is 10.3. The van der Waals surface area contributed by atoms with Crippen LogP contribution in [0.1, 0.15) is 22.4 Å². The van der Waals surface area contributed by atoms with Gasteiger partial charge in [0.2, 0.25) is 0 Å². The van der Waals surface area contributed by atoms with E-state index in [0.29, 0.717) is 12.2 Å². The first-order valence-corrected chi connectivity index (χ1v) is 4.96. The van der Waals surface area contributed by atoms with Crippen LogP contribution in [0.2, 0.25) is 0 Å². The van der Waals surface area contributed by atoms with E-state index in [1.807, 2.05) is 0 Å². The van der Waals surface area contributed by atoms with Crippen molar-refractivity contribution in [1.82, 2.24) is 10.3 Å². The number of aromatic nitrogens is 1. The summed E-state index contributed by atoms with van der Waals surface area (Å²) in [5.74, 6) is 2.15. The largest absolute Gasteiger partial charge is 0.337 e. The summed E-state index contributed by atoms with van der Waals surface area (Å²) in [5, 5.41) is 5.02. The number of thiazole rings is 1. The molecule has 0 aliphatic rings. The van der Waals surface area contributed by atoms with Gasteiger partial charge in [-0.25, -0.2) is 4.98 Å². The summed E-state index contributed by atoms with van der Waals surface area (Å²) < 4.78 is 0. The van der Waals surface area contributed by atoms with Crippen LogP contribution in [0, 0.1) is 12.3 Å². The summed E-state index contributed by atoms with van der Waals surface area (Å²) in [5.41, 5.74) is 5.75. The van der Waals surface area contributed by atoms with Crippen molar-refractivity contribution in [3.63, 3.8) is 0 Å². The molecule has 0 fully saturated rings. The number of carbonyl (C=O) groups excluding carboxylic acids is 1. The molecule has 1 aromatic rings. The normalized spacial score (nSPS) is 11.8. The van der Waals surface area contributed by atoms with Crippen molar-refractivity contribution in [2.75, 3.05) is 0 Å². The Morgan fingerprint density at radius 3 is 3.14 bits per heavy atom. The van der Waals surface area contributed by atoms with Gasteiger partial charge in [0.25, 0.3) is 5.91 Å². The number of terminal acetylenes is 1. The molecule has 0 saturated carbocycles. The van der Waals surface area contributed by atoms with Gasteiger partial charge in [0.1, 0.15) is 10.7 Å². The van der Waals surface area contributed by atoms with Crippen LogP contribution in [0.5, 0.6) is 0 Å². The number of amides is 1. The van der Waals surface area contributed by atoms with Crippen molar-refractivity contribution >= 4 is 17.2 Å². The molecule has 1 heterocycles. The number of carbonyl (C=O) groups is 1. The average Bonchev–Trinajstić information content (AvgIpc) is 2.65. The molecule has 1 unspecified atom stereocenters. The summed E-state index contributed by atoms with van der Waals surface area (Å²) in [4.78, 5) is 15.5. The molecule has 1 atom stereocenters. The molecule has 1 rings (SSSR count). The molecule has 4 nitrogen and oxygen atoms in total. The van der Waals surface area contributed by atoms with E-state index in [1.54, 1.807) is 12.3 Å². The van der Waals surface area contributed by atoms with E-state index in [1.165, 1.54) is 11.3 Å². The van der Waals surface area contributed by atoms with Gasteiger partial charge in [0, 0.05) is 11.9 Å². The van der Waals surface area contributed by atoms with Gasteiger partial charge in [-0.1, -0.05) is 5.92 Å². The van der Waals surface area contributed by atoms with Crippen LogP contribution >= 0.6 is 11.3 Å². The van der Waals surface area contributed by atoms with Gasteiger partial charge >= 0.3 is 0 Å². The highest BCUT2D eigenvalue weighted by atomic mass is 32.1. The molecule has 0 spiro atoms. The van der Waals surface area contributed by atoms with Gasteiger partial charge in [0.15, 0.2) is 0 Å². The fourth-order valence-corrected chi connectivity index (χ4v) is 1.48. The summed E-state index contributed by atoms with van der Waals surface area (Å²) in [6.07, 6.45) is 5.13. The molecule has 74 valence electrons. The fourth-order valence-electron chi connectivity index (χ4n) is 0.821. The molecule has 3 N–H and O–H groups in total. The van der Waals surface area contributed by atoms with Gasteiger partial charge in [-0.05, 0) is 6.92 Å². The average molecular weight is 209 g/mol. The van der Waals surface area contributed by atoms with Crippen LogP contribution in [0.15, 0.2) is 5.38 Å². The van der Waals surface area contributed by atoms with Gasteiger partial charge in [-0.3, -0.25) is 4.79 Å². The Morgan fingerprint density at radius 2 is 2.64 bits per heavy atom. The number of nitrogens with one attached hydrogen (secondary N) is 1. The smallest absolute Gasteiger partial charge is 0.271 e. The number of rotatable bonds is 3. The monoisotopic (exact) mass is 209 g/mol. The van der Waals surface area contributed by atoms with Crippen molar-refractivity contribution in [2.24, 2.45) is 5.73 Å². The second-order valence-corrected chi connectivity index (χ2v) is 3.64. The van der Waals surface area contributed by atoms with E-state index in [9.17, 15) is 4.79 Å². The maximum atomic E-state index is 11.4. The predicted octanol–water partition coefficient (Wildman–Crippen LogP) is 0.353. The third-order valence-corrected chi connectivity index (χ3v) is 2.43. The molecule has 0 aromatic carbocycles. The molecular weight excluding hydrogens is 198 g/mol. The Balaban J connectivity index is 2.66. The Kier molecular flexibility index (Phi) is 3.63. The summed E-state index contributed by atoms with van der Waals surface area (Å²) >= 11 is 1.36. The van der Waals surface area contributed by atoms with Crippen molar-refractivity contribution in [3.8, 4) is 12.3 Å². The first-order chi connectivity index (χ1) is 6.67. The lowest BCUT2D eigenvalue weighted by molar-refractivity contribution is 0.0943. The van der Waals surface area contributed by atoms with Crippen LogP contribution < -0.4 is 11.1 Å². The molecule has 0 saturated heterocycles. The highest BCUT2D eigenvalue weighted by Gasteiger charge is 2.11.